The van der Waals surface area contributed by atoms with Crippen molar-refractivity contribution in [2.24, 2.45) is 11.5 Å². The second-order valence-corrected chi connectivity index (χ2v) is 6.78. The molecule has 5 unspecified atom stereocenters. The van der Waals surface area contributed by atoms with Crippen LogP contribution in [0.15, 0.2) is 0 Å². The van der Waals surface area contributed by atoms with E-state index in [1.54, 1.807) is 0 Å². The SMILES string of the molecule is CC(O)C(NC(=O)C1CCCN1C(=O)C(N)CO)C(=O)NC(CC(N)=O)C(=O)O. The number of nitrogens with two attached hydrogens (primary N) is 2. The van der Waals surface area contributed by atoms with Crippen molar-refractivity contribution in [3.8, 4) is 0 Å². The van der Waals surface area contributed by atoms with E-state index in [1.165, 1.54) is 11.8 Å². The van der Waals surface area contributed by atoms with Crippen molar-refractivity contribution >= 4 is 29.6 Å². The van der Waals surface area contributed by atoms with Crippen LogP contribution in [0, 0.1) is 0 Å². The summed E-state index contributed by atoms with van der Waals surface area (Å²) in [4.78, 5) is 60.4. The summed E-state index contributed by atoms with van der Waals surface area (Å²) in [5, 5.41) is 32.3. The van der Waals surface area contributed by atoms with Gasteiger partial charge in [0.2, 0.25) is 23.6 Å². The third-order valence-corrected chi connectivity index (χ3v) is 4.43. The molecule has 13 heteroatoms. The lowest BCUT2D eigenvalue weighted by Crippen LogP contribution is -2.59. The van der Waals surface area contributed by atoms with Crippen LogP contribution in [0.1, 0.15) is 26.2 Å². The Bertz CT molecular complexity index is 655. The highest BCUT2D eigenvalue weighted by Gasteiger charge is 2.38. The van der Waals surface area contributed by atoms with E-state index < -0.39 is 72.9 Å². The maximum atomic E-state index is 12.6. The Hall–Kier alpha value is -2.77. The first-order valence-corrected chi connectivity index (χ1v) is 8.96. The van der Waals surface area contributed by atoms with E-state index >= 15 is 0 Å². The van der Waals surface area contributed by atoms with Gasteiger partial charge in [-0.3, -0.25) is 19.2 Å². The molecule has 0 saturated carbocycles. The zero-order valence-electron chi connectivity index (χ0n) is 15.9. The van der Waals surface area contributed by atoms with Gasteiger partial charge in [0.1, 0.15) is 24.2 Å². The Morgan fingerprint density at radius 2 is 1.83 bits per heavy atom. The maximum Gasteiger partial charge on any atom is 0.326 e. The normalized spacial score (nSPS) is 20.3. The van der Waals surface area contributed by atoms with Crippen LogP contribution in [0.4, 0.5) is 0 Å². The predicted octanol–water partition coefficient (Wildman–Crippen LogP) is -4.39. The molecule has 1 saturated heterocycles. The minimum atomic E-state index is -1.63. The Labute approximate surface area is 166 Å². The third kappa shape index (κ3) is 6.66. The number of nitrogens with zero attached hydrogens (tertiary/aromatic N) is 1. The number of nitrogens with one attached hydrogen (secondary N) is 2. The summed E-state index contributed by atoms with van der Waals surface area (Å²) in [5.74, 6) is -4.89. The molecule has 1 fully saturated rings. The average Bonchev–Trinajstić information content (AvgIpc) is 3.12. The number of aliphatic hydroxyl groups excluding tert-OH is 2. The van der Waals surface area contributed by atoms with E-state index in [2.05, 4.69) is 5.32 Å². The summed E-state index contributed by atoms with van der Waals surface area (Å²) in [6.45, 7) is 0.836. The molecule has 0 spiro atoms. The average molecular weight is 417 g/mol. The summed E-state index contributed by atoms with van der Waals surface area (Å²) in [6, 6.07) is -5.33. The Morgan fingerprint density at radius 1 is 1.21 bits per heavy atom. The highest BCUT2D eigenvalue weighted by molar-refractivity contribution is 5.95. The Morgan fingerprint density at radius 3 is 2.31 bits per heavy atom. The molecule has 0 aliphatic carbocycles. The lowest BCUT2D eigenvalue weighted by molar-refractivity contribution is -0.145. The fourth-order valence-corrected chi connectivity index (χ4v) is 2.91. The molecule has 0 radical (unpaired) electrons. The molecule has 0 aromatic rings. The molecule has 0 aromatic heterocycles. The lowest BCUT2D eigenvalue weighted by Gasteiger charge is -2.29. The van der Waals surface area contributed by atoms with Crippen LogP contribution in [-0.2, 0) is 24.0 Å². The standard InChI is InChI=1S/C16H27N5O8/c1-7(23)12(14(26)19-9(16(28)29)5-11(18)24)20-13(25)10-3-2-4-21(10)15(27)8(17)6-22/h7-10,12,22-23H,2-6,17H2,1H3,(H2,18,24)(H,19,26)(H,20,25)(H,28,29). The van der Waals surface area contributed by atoms with Gasteiger partial charge in [0.05, 0.1) is 19.1 Å². The first-order chi connectivity index (χ1) is 13.5. The third-order valence-electron chi connectivity index (χ3n) is 4.43. The highest BCUT2D eigenvalue weighted by atomic mass is 16.4. The number of likely N-dealkylation sites (tertiary alicyclic amines) is 1. The van der Waals surface area contributed by atoms with Gasteiger partial charge in [0, 0.05) is 6.54 Å². The number of amides is 4. The van der Waals surface area contributed by atoms with Crippen LogP contribution < -0.4 is 22.1 Å². The molecule has 1 aliphatic rings. The first-order valence-electron chi connectivity index (χ1n) is 8.96. The van der Waals surface area contributed by atoms with Crippen molar-refractivity contribution in [1.82, 2.24) is 15.5 Å². The number of carboxylic acid groups (broad SMARTS) is 1. The van der Waals surface area contributed by atoms with Gasteiger partial charge in [-0.1, -0.05) is 0 Å². The molecule has 4 amide bonds. The fourth-order valence-electron chi connectivity index (χ4n) is 2.91. The summed E-state index contributed by atoms with van der Waals surface area (Å²) in [7, 11) is 0. The van der Waals surface area contributed by atoms with Gasteiger partial charge in [0.15, 0.2) is 0 Å². The quantitative estimate of drug-likeness (QED) is 0.182. The molecule has 0 aromatic carbocycles. The summed E-state index contributed by atoms with van der Waals surface area (Å²) in [5.41, 5.74) is 10.5. The molecule has 1 aliphatic heterocycles. The van der Waals surface area contributed by atoms with Gasteiger partial charge in [0.25, 0.3) is 0 Å². The van der Waals surface area contributed by atoms with Gasteiger partial charge in [-0.05, 0) is 19.8 Å². The molecule has 5 atom stereocenters. The van der Waals surface area contributed by atoms with E-state index in [0.717, 1.165) is 0 Å². The van der Waals surface area contributed by atoms with Crippen LogP contribution in [0.2, 0.25) is 0 Å². The van der Waals surface area contributed by atoms with Gasteiger partial charge >= 0.3 is 5.97 Å². The minimum Gasteiger partial charge on any atom is -0.480 e. The monoisotopic (exact) mass is 417 g/mol. The van der Waals surface area contributed by atoms with Gasteiger partial charge in [-0.25, -0.2) is 4.79 Å². The van der Waals surface area contributed by atoms with Crippen molar-refractivity contribution in [2.45, 2.75) is 56.5 Å². The van der Waals surface area contributed by atoms with Crippen molar-refractivity contribution in [3.05, 3.63) is 0 Å². The van der Waals surface area contributed by atoms with Crippen LogP contribution in [0.5, 0.6) is 0 Å². The Balaban J connectivity index is 2.88. The lowest BCUT2D eigenvalue weighted by atomic mass is 10.1. The number of carbonyl (C=O) groups excluding carboxylic acids is 4. The van der Waals surface area contributed by atoms with E-state index in [9.17, 15) is 29.1 Å². The number of aliphatic carboxylic acids is 1. The fraction of sp³-hybridized carbons (Fsp3) is 0.688. The number of hydrogen-bond acceptors (Lipinski definition) is 8. The van der Waals surface area contributed by atoms with Crippen molar-refractivity contribution in [3.63, 3.8) is 0 Å². The number of hydrogen-bond donors (Lipinski definition) is 7. The second kappa shape index (κ2) is 10.7. The summed E-state index contributed by atoms with van der Waals surface area (Å²) < 4.78 is 0. The van der Waals surface area contributed by atoms with Crippen LogP contribution in [0.25, 0.3) is 0 Å². The van der Waals surface area contributed by atoms with Crippen LogP contribution in [0.3, 0.4) is 0 Å². The molecular formula is C16H27N5O8. The topological polar surface area (TPSA) is 225 Å². The number of rotatable bonds is 10. The van der Waals surface area contributed by atoms with Crippen LogP contribution >= 0.6 is 0 Å². The molecular weight excluding hydrogens is 390 g/mol. The molecule has 164 valence electrons. The molecule has 9 N–H and O–H groups in total. The van der Waals surface area contributed by atoms with Gasteiger partial charge in [-0.15, -0.1) is 0 Å². The van der Waals surface area contributed by atoms with Gasteiger partial charge in [-0.2, -0.15) is 0 Å². The smallest absolute Gasteiger partial charge is 0.326 e. The van der Waals surface area contributed by atoms with E-state index in [1.807, 2.05) is 5.32 Å². The van der Waals surface area contributed by atoms with Crippen molar-refractivity contribution < 1.29 is 39.3 Å². The van der Waals surface area contributed by atoms with E-state index in [-0.39, 0.29) is 13.0 Å². The number of aliphatic hydroxyl groups is 2. The first kappa shape index (κ1) is 24.3. The molecule has 1 rings (SSSR count). The predicted molar refractivity (Wildman–Crippen MR) is 96.8 cm³/mol. The molecule has 13 nitrogen and oxygen atoms in total. The number of carboxylic acids is 1. The van der Waals surface area contributed by atoms with E-state index in [0.29, 0.717) is 6.42 Å². The van der Waals surface area contributed by atoms with Gasteiger partial charge < -0.3 is 42.3 Å². The minimum absolute atomic E-state index is 0.232. The zero-order valence-corrected chi connectivity index (χ0v) is 15.9. The highest BCUT2D eigenvalue weighted by Crippen LogP contribution is 2.18. The summed E-state index contributed by atoms with van der Waals surface area (Å²) >= 11 is 0. The zero-order chi connectivity index (χ0) is 22.3. The van der Waals surface area contributed by atoms with Crippen molar-refractivity contribution in [2.75, 3.05) is 13.2 Å². The Kier molecular flexibility index (Phi) is 8.94. The largest absolute Gasteiger partial charge is 0.480 e. The molecule has 1 heterocycles. The maximum absolute atomic E-state index is 12.6. The molecule has 0 bridgehead atoms. The second-order valence-electron chi connectivity index (χ2n) is 6.78. The van der Waals surface area contributed by atoms with E-state index in [4.69, 9.17) is 21.7 Å². The van der Waals surface area contributed by atoms with Crippen LogP contribution in [-0.4, -0.2) is 93.2 Å². The number of carbonyl (C=O) groups is 5. The molecule has 29 heavy (non-hydrogen) atoms. The van der Waals surface area contributed by atoms with Crippen molar-refractivity contribution in [1.29, 1.82) is 0 Å². The summed E-state index contributed by atoms with van der Waals surface area (Å²) in [6.07, 6.45) is -1.31. The number of primary amides is 1.